The summed E-state index contributed by atoms with van der Waals surface area (Å²) >= 11 is 0. The Morgan fingerprint density at radius 1 is 1.00 bits per heavy atom. The van der Waals surface area contributed by atoms with E-state index in [2.05, 4.69) is 22.2 Å². The van der Waals surface area contributed by atoms with Crippen LogP contribution in [0.4, 0.5) is 17.1 Å². The molecule has 0 unspecified atom stereocenters. The summed E-state index contributed by atoms with van der Waals surface area (Å²) in [6.45, 7) is 6.49. The number of nitrogens with one attached hydrogen (secondary N) is 2. The number of nitro benzene ring substituents is 1. The highest BCUT2D eigenvalue weighted by atomic mass is 32.2. The van der Waals surface area contributed by atoms with Crippen LogP contribution in [0.2, 0.25) is 0 Å². The van der Waals surface area contributed by atoms with E-state index in [-0.39, 0.29) is 10.6 Å². The minimum atomic E-state index is -4.03. The van der Waals surface area contributed by atoms with Crippen LogP contribution >= 0.6 is 0 Å². The van der Waals surface area contributed by atoms with Crippen molar-refractivity contribution in [3.05, 3.63) is 87.5 Å². The molecule has 2 N–H and O–H groups in total. The maximum Gasteiger partial charge on any atom is 0.295 e. The Kier molecular flexibility index (Phi) is 9.02. The molecule has 0 saturated heterocycles. The first-order valence-electron chi connectivity index (χ1n) is 11.6. The molecule has 0 radical (unpaired) electrons. The monoisotopic (exact) mass is 510 g/mol. The Hall–Kier alpha value is -3.92. The Labute approximate surface area is 211 Å². The van der Waals surface area contributed by atoms with Gasteiger partial charge >= 0.3 is 0 Å². The summed E-state index contributed by atoms with van der Waals surface area (Å²) in [6, 6.07) is 16.2. The number of sulfonamides is 1. The largest absolute Gasteiger partial charge is 0.494 e. The lowest BCUT2D eigenvalue weighted by Crippen LogP contribution is -2.14. The molecule has 0 spiro atoms. The molecule has 3 aromatic rings. The molecule has 0 aliphatic heterocycles. The number of hydrogen-bond donors (Lipinski definition) is 2. The fraction of sp³-hybridized carbons (Fsp3) is 0.269. The van der Waals surface area contributed by atoms with Gasteiger partial charge in [-0.05, 0) is 73.9 Å². The number of hydrazone groups is 1. The van der Waals surface area contributed by atoms with Crippen molar-refractivity contribution in [2.75, 3.05) is 16.8 Å². The zero-order valence-corrected chi connectivity index (χ0v) is 21.3. The van der Waals surface area contributed by atoms with Crippen LogP contribution in [-0.2, 0) is 10.0 Å². The molecule has 0 saturated carbocycles. The Morgan fingerprint density at radius 3 is 2.39 bits per heavy atom. The zero-order valence-electron chi connectivity index (χ0n) is 20.5. The van der Waals surface area contributed by atoms with Crippen molar-refractivity contribution in [2.24, 2.45) is 5.10 Å². The number of benzene rings is 3. The van der Waals surface area contributed by atoms with Crippen LogP contribution in [0.3, 0.4) is 0 Å². The van der Waals surface area contributed by atoms with Gasteiger partial charge in [0, 0.05) is 6.07 Å². The molecule has 0 heterocycles. The van der Waals surface area contributed by atoms with E-state index >= 15 is 0 Å². The van der Waals surface area contributed by atoms with Gasteiger partial charge in [-0.1, -0.05) is 37.5 Å². The number of aryl methyl sites for hydroxylation is 2. The van der Waals surface area contributed by atoms with Gasteiger partial charge in [-0.25, -0.2) is 8.42 Å². The second-order valence-electron chi connectivity index (χ2n) is 8.35. The quantitative estimate of drug-likeness (QED) is 0.133. The van der Waals surface area contributed by atoms with Crippen LogP contribution in [0.1, 0.15) is 42.9 Å². The lowest BCUT2D eigenvalue weighted by molar-refractivity contribution is -0.384. The summed E-state index contributed by atoms with van der Waals surface area (Å²) in [5, 5.41) is 15.7. The Balaban J connectivity index is 1.70. The molecule has 0 aliphatic carbocycles. The fourth-order valence-electron chi connectivity index (χ4n) is 3.42. The maximum atomic E-state index is 12.9. The van der Waals surface area contributed by atoms with Crippen LogP contribution in [0.5, 0.6) is 5.75 Å². The molecule has 3 rings (SSSR count). The van der Waals surface area contributed by atoms with Crippen LogP contribution in [-0.4, -0.2) is 26.2 Å². The highest BCUT2D eigenvalue weighted by Gasteiger charge is 2.22. The number of nitro groups is 1. The van der Waals surface area contributed by atoms with E-state index in [1.54, 1.807) is 19.1 Å². The molecule has 0 aliphatic rings. The molecule has 3 aromatic carbocycles. The molecule has 0 bridgehead atoms. The lowest BCUT2D eigenvalue weighted by Gasteiger charge is -2.12. The van der Waals surface area contributed by atoms with E-state index in [0.717, 1.165) is 47.8 Å². The number of anilines is 2. The molecule has 0 fully saturated rings. The van der Waals surface area contributed by atoms with E-state index in [1.807, 2.05) is 37.3 Å². The lowest BCUT2D eigenvalue weighted by atomic mass is 10.1. The molecule has 9 nitrogen and oxygen atoms in total. The first-order chi connectivity index (χ1) is 17.2. The number of unbranched alkanes of at least 4 members (excludes halogenated alkanes) is 2. The third-order valence-electron chi connectivity index (χ3n) is 5.40. The molecular weight excluding hydrogens is 480 g/mol. The first-order valence-corrected chi connectivity index (χ1v) is 13.1. The minimum absolute atomic E-state index is 0.0672. The Morgan fingerprint density at radius 2 is 1.72 bits per heavy atom. The number of hydrogen-bond acceptors (Lipinski definition) is 7. The highest BCUT2D eigenvalue weighted by molar-refractivity contribution is 7.92. The fourth-order valence-corrected chi connectivity index (χ4v) is 4.57. The van der Waals surface area contributed by atoms with E-state index in [1.165, 1.54) is 18.3 Å². The summed E-state index contributed by atoms with van der Waals surface area (Å²) in [6.07, 6.45) is 4.77. The second-order valence-corrected chi connectivity index (χ2v) is 10.0. The zero-order chi connectivity index (χ0) is 26.1. The maximum absolute atomic E-state index is 12.9. The summed E-state index contributed by atoms with van der Waals surface area (Å²) in [5.74, 6) is 0.762. The van der Waals surface area contributed by atoms with E-state index in [9.17, 15) is 18.5 Å². The topological polar surface area (TPSA) is 123 Å². The average molecular weight is 511 g/mol. The molecular formula is C26H30N4O5S. The SMILES string of the molecule is CCCCCOc1ccc(/C=N/Nc2ccc(S(=O)(=O)Nc3ccc(C)cc3C)cc2[N+](=O)[O-])cc1. The van der Waals surface area contributed by atoms with Crippen molar-refractivity contribution in [1.82, 2.24) is 0 Å². The normalized spacial score (nSPS) is 11.4. The predicted octanol–water partition coefficient (Wildman–Crippen LogP) is 6.03. The van der Waals surface area contributed by atoms with Crippen LogP contribution in [0, 0.1) is 24.0 Å². The van der Waals surface area contributed by atoms with Crippen molar-refractivity contribution in [2.45, 2.75) is 44.9 Å². The van der Waals surface area contributed by atoms with E-state index in [4.69, 9.17) is 4.74 Å². The standard InChI is InChI=1S/C26H30N4O5S/c1-4-5-6-15-35-22-10-8-21(9-11-22)18-27-28-25-14-12-23(17-26(25)30(31)32)36(33,34)29-24-13-7-19(2)16-20(24)3/h7-14,16-18,28-29H,4-6,15H2,1-3H3/b27-18+. The predicted molar refractivity (Wildman–Crippen MR) is 142 cm³/mol. The number of rotatable bonds is 12. The van der Waals surface area contributed by atoms with Crippen molar-refractivity contribution >= 4 is 33.3 Å². The summed E-state index contributed by atoms with van der Waals surface area (Å²) < 4.78 is 33.9. The van der Waals surface area contributed by atoms with Crippen molar-refractivity contribution in [3.63, 3.8) is 0 Å². The van der Waals surface area contributed by atoms with Crippen molar-refractivity contribution in [3.8, 4) is 5.75 Å². The van der Waals surface area contributed by atoms with Gasteiger partial charge in [0.25, 0.3) is 15.7 Å². The minimum Gasteiger partial charge on any atom is -0.494 e. The van der Waals surface area contributed by atoms with Gasteiger partial charge < -0.3 is 4.74 Å². The molecule has 190 valence electrons. The average Bonchev–Trinajstić information content (AvgIpc) is 2.84. The third-order valence-corrected chi connectivity index (χ3v) is 6.76. The van der Waals surface area contributed by atoms with E-state index < -0.39 is 20.6 Å². The summed E-state index contributed by atoms with van der Waals surface area (Å²) in [4.78, 5) is 10.8. The van der Waals surface area contributed by atoms with Crippen LogP contribution in [0.25, 0.3) is 0 Å². The number of nitrogens with zero attached hydrogens (tertiary/aromatic N) is 2. The third kappa shape index (κ3) is 7.29. The van der Waals surface area contributed by atoms with Gasteiger partial charge in [-0.2, -0.15) is 5.10 Å². The highest BCUT2D eigenvalue weighted by Crippen LogP contribution is 2.29. The van der Waals surface area contributed by atoms with E-state index in [0.29, 0.717) is 12.3 Å². The summed E-state index contributed by atoms with van der Waals surface area (Å²) in [5.41, 5.74) is 5.21. The van der Waals surface area contributed by atoms with Gasteiger partial charge in [0.1, 0.15) is 11.4 Å². The van der Waals surface area contributed by atoms with Crippen LogP contribution in [0.15, 0.2) is 70.7 Å². The van der Waals surface area contributed by atoms with Crippen molar-refractivity contribution in [1.29, 1.82) is 0 Å². The van der Waals surface area contributed by atoms with Crippen LogP contribution < -0.4 is 14.9 Å². The van der Waals surface area contributed by atoms with Gasteiger partial charge in [0.15, 0.2) is 0 Å². The first kappa shape index (κ1) is 26.7. The second kappa shape index (κ2) is 12.2. The molecule has 0 amide bonds. The Bertz CT molecular complexity index is 1340. The molecule has 0 atom stereocenters. The molecule has 36 heavy (non-hydrogen) atoms. The van der Waals surface area contributed by atoms with Gasteiger partial charge in [0.2, 0.25) is 0 Å². The van der Waals surface area contributed by atoms with Gasteiger partial charge in [-0.15, -0.1) is 0 Å². The van der Waals surface area contributed by atoms with Gasteiger partial charge in [-0.3, -0.25) is 20.3 Å². The van der Waals surface area contributed by atoms with Crippen molar-refractivity contribution < 1.29 is 18.1 Å². The molecule has 10 heteroatoms. The molecule has 0 aromatic heterocycles. The van der Waals surface area contributed by atoms with Gasteiger partial charge in [0.05, 0.1) is 28.3 Å². The number of ether oxygens (including phenoxy) is 1. The smallest absolute Gasteiger partial charge is 0.295 e. The summed E-state index contributed by atoms with van der Waals surface area (Å²) in [7, 11) is -4.03.